The van der Waals surface area contributed by atoms with Crippen LogP contribution in [0.3, 0.4) is 0 Å². The molecular weight excluding hydrogens is 354 g/mol. The van der Waals surface area contributed by atoms with E-state index in [1.54, 1.807) is 25.1 Å². The zero-order valence-electron chi connectivity index (χ0n) is 15.9. The van der Waals surface area contributed by atoms with Crippen molar-refractivity contribution in [2.75, 3.05) is 16.0 Å². The van der Waals surface area contributed by atoms with Gasteiger partial charge < -0.3 is 16.0 Å². The molecule has 0 saturated heterocycles. The second-order valence-corrected chi connectivity index (χ2v) is 6.34. The Labute approximate surface area is 163 Å². The van der Waals surface area contributed by atoms with Crippen molar-refractivity contribution >= 4 is 34.7 Å². The van der Waals surface area contributed by atoms with Gasteiger partial charge in [0.15, 0.2) is 0 Å². The average molecular weight is 375 g/mol. The van der Waals surface area contributed by atoms with Gasteiger partial charge in [0.25, 0.3) is 5.91 Å². The first-order valence-corrected chi connectivity index (χ1v) is 8.78. The number of nitrogens with one attached hydrogen (secondary N) is 3. The summed E-state index contributed by atoms with van der Waals surface area (Å²) in [5.74, 6) is 0.500. The summed E-state index contributed by atoms with van der Waals surface area (Å²) < 4.78 is 0. The van der Waals surface area contributed by atoms with Crippen LogP contribution in [0.1, 0.15) is 28.8 Å². The van der Waals surface area contributed by atoms with Gasteiger partial charge in [-0.25, -0.2) is 9.97 Å². The normalized spacial score (nSPS) is 10.2. The molecule has 0 aliphatic heterocycles. The highest BCUT2D eigenvalue weighted by Crippen LogP contribution is 2.20. The smallest absolute Gasteiger partial charge is 0.274 e. The van der Waals surface area contributed by atoms with Crippen LogP contribution >= 0.6 is 0 Å². The van der Waals surface area contributed by atoms with Crippen LogP contribution in [-0.4, -0.2) is 21.8 Å². The largest absolute Gasteiger partial charge is 0.340 e. The molecule has 2 aromatic carbocycles. The molecular formula is C21H21N5O2. The average Bonchev–Trinajstić information content (AvgIpc) is 2.63. The summed E-state index contributed by atoms with van der Waals surface area (Å²) in [5.41, 5.74) is 3.36. The van der Waals surface area contributed by atoms with Crippen LogP contribution in [0.5, 0.6) is 0 Å². The lowest BCUT2D eigenvalue weighted by atomic mass is 10.2. The molecule has 3 N–H and O–H groups in total. The molecule has 1 aromatic heterocycles. The number of hydrogen-bond acceptors (Lipinski definition) is 5. The molecule has 0 aliphatic carbocycles. The lowest BCUT2D eigenvalue weighted by Gasteiger charge is -2.11. The highest BCUT2D eigenvalue weighted by molar-refractivity contribution is 6.03. The molecule has 0 unspecified atom stereocenters. The fraction of sp³-hybridized carbons (Fsp3) is 0.143. The number of carbonyl (C=O) groups excluding carboxylic acids is 2. The van der Waals surface area contributed by atoms with E-state index in [4.69, 9.17) is 0 Å². The minimum atomic E-state index is -0.310. The Balaban J connectivity index is 1.81. The number of rotatable bonds is 5. The lowest BCUT2D eigenvalue weighted by molar-refractivity contribution is -0.114. The summed E-state index contributed by atoms with van der Waals surface area (Å²) in [6.45, 7) is 5.10. The van der Waals surface area contributed by atoms with E-state index in [-0.39, 0.29) is 17.5 Å². The molecule has 0 saturated carbocycles. The molecule has 28 heavy (non-hydrogen) atoms. The minimum Gasteiger partial charge on any atom is -0.340 e. The van der Waals surface area contributed by atoms with Crippen molar-refractivity contribution in [3.8, 4) is 0 Å². The lowest BCUT2D eigenvalue weighted by Crippen LogP contribution is -2.16. The number of benzene rings is 2. The second-order valence-electron chi connectivity index (χ2n) is 6.34. The third-order valence-corrected chi connectivity index (χ3v) is 3.92. The Hall–Kier alpha value is -3.74. The van der Waals surface area contributed by atoms with Gasteiger partial charge in [-0.15, -0.1) is 0 Å². The molecule has 0 fully saturated rings. The molecule has 3 rings (SSSR count). The van der Waals surface area contributed by atoms with Gasteiger partial charge >= 0.3 is 0 Å². The van der Waals surface area contributed by atoms with Crippen LogP contribution in [0.2, 0.25) is 0 Å². The molecule has 2 amide bonds. The third-order valence-electron chi connectivity index (χ3n) is 3.92. The first-order valence-electron chi connectivity index (χ1n) is 8.78. The predicted molar refractivity (Wildman–Crippen MR) is 110 cm³/mol. The fourth-order valence-electron chi connectivity index (χ4n) is 2.67. The Morgan fingerprint density at radius 3 is 2.36 bits per heavy atom. The highest BCUT2D eigenvalue weighted by atomic mass is 16.2. The third kappa shape index (κ3) is 4.91. The van der Waals surface area contributed by atoms with Gasteiger partial charge in [-0.05, 0) is 43.7 Å². The van der Waals surface area contributed by atoms with E-state index in [0.29, 0.717) is 17.3 Å². The SMILES string of the molecule is CC(=O)Nc1cccc(Nc2cc(C(=O)Nc3ccccc3C)nc(C)n2)c1. The van der Waals surface area contributed by atoms with Gasteiger partial charge in [0.1, 0.15) is 17.3 Å². The van der Waals surface area contributed by atoms with Gasteiger partial charge in [0.2, 0.25) is 5.91 Å². The van der Waals surface area contributed by atoms with Crippen LogP contribution in [0, 0.1) is 13.8 Å². The van der Waals surface area contributed by atoms with Gasteiger partial charge in [0.05, 0.1) is 0 Å². The summed E-state index contributed by atoms with van der Waals surface area (Å²) in [5, 5.41) is 8.75. The molecule has 0 aliphatic rings. The van der Waals surface area contributed by atoms with E-state index in [1.807, 2.05) is 43.3 Å². The first-order chi connectivity index (χ1) is 13.4. The quantitative estimate of drug-likeness (QED) is 0.625. The number of aryl methyl sites for hydroxylation is 2. The number of carbonyl (C=O) groups is 2. The summed E-state index contributed by atoms with van der Waals surface area (Å²) in [6.07, 6.45) is 0. The van der Waals surface area contributed by atoms with Gasteiger partial charge in [-0.2, -0.15) is 0 Å². The minimum absolute atomic E-state index is 0.148. The van der Waals surface area contributed by atoms with Gasteiger partial charge in [0, 0.05) is 30.1 Å². The number of anilines is 4. The van der Waals surface area contributed by atoms with Crippen LogP contribution in [0.25, 0.3) is 0 Å². The van der Waals surface area contributed by atoms with Crippen LogP contribution in [-0.2, 0) is 4.79 Å². The molecule has 1 heterocycles. The molecule has 7 heteroatoms. The maximum absolute atomic E-state index is 12.6. The fourth-order valence-corrected chi connectivity index (χ4v) is 2.67. The van der Waals surface area contributed by atoms with E-state index in [9.17, 15) is 9.59 Å². The highest BCUT2D eigenvalue weighted by Gasteiger charge is 2.12. The van der Waals surface area contributed by atoms with Crippen molar-refractivity contribution < 1.29 is 9.59 Å². The number of nitrogens with zero attached hydrogens (tertiary/aromatic N) is 2. The van der Waals surface area contributed by atoms with Crippen molar-refractivity contribution in [2.45, 2.75) is 20.8 Å². The van der Waals surface area contributed by atoms with Crippen molar-refractivity contribution in [2.24, 2.45) is 0 Å². The van der Waals surface area contributed by atoms with Crippen LogP contribution < -0.4 is 16.0 Å². The topological polar surface area (TPSA) is 96.0 Å². The van der Waals surface area contributed by atoms with Crippen molar-refractivity contribution in [1.29, 1.82) is 0 Å². The molecule has 0 radical (unpaired) electrons. The van der Waals surface area contributed by atoms with E-state index in [0.717, 1.165) is 16.9 Å². The zero-order valence-corrected chi connectivity index (χ0v) is 15.9. The number of hydrogen-bond donors (Lipinski definition) is 3. The Bertz CT molecular complexity index is 1030. The van der Waals surface area contributed by atoms with Crippen molar-refractivity contribution in [3.05, 3.63) is 71.7 Å². The van der Waals surface area contributed by atoms with E-state index in [1.165, 1.54) is 6.92 Å². The predicted octanol–water partition coefficient (Wildman–Crippen LogP) is 4.05. The summed E-state index contributed by atoms with van der Waals surface area (Å²) in [7, 11) is 0. The molecule has 0 atom stereocenters. The summed E-state index contributed by atoms with van der Waals surface area (Å²) in [6, 6.07) is 16.4. The van der Waals surface area contributed by atoms with Crippen molar-refractivity contribution in [1.82, 2.24) is 9.97 Å². The van der Waals surface area contributed by atoms with Crippen LogP contribution in [0.4, 0.5) is 22.9 Å². The van der Waals surface area contributed by atoms with Gasteiger partial charge in [-0.3, -0.25) is 9.59 Å². The molecule has 7 nitrogen and oxygen atoms in total. The zero-order chi connectivity index (χ0) is 20.1. The standard InChI is InChI=1S/C21H21N5O2/c1-13-7-4-5-10-18(13)26-21(28)19-12-20(23-14(2)22-19)25-17-9-6-8-16(11-17)24-15(3)27/h4-12H,1-3H3,(H,24,27)(H,26,28)(H,22,23,25). The Morgan fingerprint density at radius 2 is 1.61 bits per heavy atom. The molecule has 142 valence electrons. The maximum Gasteiger partial charge on any atom is 0.274 e. The molecule has 0 bridgehead atoms. The van der Waals surface area contributed by atoms with Crippen LogP contribution in [0.15, 0.2) is 54.6 Å². The maximum atomic E-state index is 12.6. The van der Waals surface area contributed by atoms with E-state index < -0.39 is 0 Å². The van der Waals surface area contributed by atoms with E-state index in [2.05, 4.69) is 25.9 Å². The summed E-state index contributed by atoms with van der Waals surface area (Å²) in [4.78, 5) is 32.4. The molecule has 0 spiro atoms. The monoisotopic (exact) mass is 375 g/mol. The first kappa shape index (κ1) is 19.0. The number of para-hydroxylation sites is 1. The Morgan fingerprint density at radius 1 is 0.857 bits per heavy atom. The van der Waals surface area contributed by atoms with E-state index >= 15 is 0 Å². The van der Waals surface area contributed by atoms with Gasteiger partial charge in [-0.1, -0.05) is 24.3 Å². The Kier molecular flexibility index (Phi) is 5.64. The number of amides is 2. The van der Waals surface area contributed by atoms with Crippen molar-refractivity contribution in [3.63, 3.8) is 0 Å². The summed E-state index contributed by atoms with van der Waals surface area (Å²) >= 11 is 0. The second kappa shape index (κ2) is 8.30. The molecule has 3 aromatic rings. The number of aromatic nitrogens is 2.